The molecule has 0 spiro atoms. The summed E-state index contributed by atoms with van der Waals surface area (Å²) in [7, 11) is 8.64. The van der Waals surface area contributed by atoms with Crippen LogP contribution in [0.25, 0.3) is 0 Å². The number of aliphatic hydroxyl groups excluding tert-OH is 12. The van der Waals surface area contributed by atoms with E-state index in [0.29, 0.717) is 71.5 Å². The molecule has 0 bridgehead atoms. The molecule has 50 nitrogen and oxygen atoms in total. The Morgan fingerprint density at radius 1 is 0.303 bits per heavy atom. The van der Waals surface area contributed by atoms with E-state index >= 15 is 0 Å². The first kappa shape index (κ1) is 119. The lowest BCUT2D eigenvalue weighted by atomic mass is 9.90. The second-order valence-corrected chi connectivity index (χ2v) is 32.3. The number of carbonyl (C=O) groups is 9. The normalized spacial score (nSPS) is 35.3. The lowest BCUT2D eigenvalue weighted by Gasteiger charge is -2.43. The van der Waals surface area contributed by atoms with Crippen molar-refractivity contribution < 1.29 is 204 Å². The summed E-state index contributed by atoms with van der Waals surface area (Å²) in [5.74, 6) is -7.42. The van der Waals surface area contributed by atoms with E-state index in [1.165, 1.54) is 67.0 Å². The lowest BCUT2D eigenvalue weighted by Crippen LogP contribution is -2.61. The molecule has 766 valence electrons. The highest BCUT2D eigenvalue weighted by atomic mass is 16.7. The predicted octanol–water partition coefficient (Wildman–Crippen LogP) is -6.69. The summed E-state index contributed by atoms with van der Waals surface area (Å²) < 4.78 is 112. The Morgan fingerprint density at radius 3 is 0.780 bits per heavy atom. The minimum absolute atomic E-state index is 0.0560. The van der Waals surface area contributed by atoms with Gasteiger partial charge in [0.2, 0.25) is 0 Å². The number of ether oxygens (including phenoxy) is 21. The van der Waals surface area contributed by atoms with Crippen LogP contribution in [-0.2, 0) is 156 Å². The Kier molecular flexibility index (Phi) is 55.5. The van der Waals surface area contributed by atoms with Gasteiger partial charge in [0, 0.05) is 131 Å². The fourth-order valence-electron chi connectivity index (χ4n) is 14.8. The van der Waals surface area contributed by atoms with Crippen LogP contribution < -0.4 is 26.6 Å². The third-order valence-corrected chi connectivity index (χ3v) is 21.5. The predicted molar refractivity (Wildman–Crippen MR) is 448 cm³/mol. The zero-order chi connectivity index (χ0) is 99.7. The first-order valence-electron chi connectivity index (χ1n) is 43.5. The van der Waals surface area contributed by atoms with Crippen LogP contribution in [0.1, 0.15) is 116 Å². The Labute approximate surface area is 767 Å². The van der Waals surface area contributed by atoms with Crippen molar-refractivity contribution in [2.24, 2.45) is 35.5 Å². The molecule has 17 N–H and O–H groups in total. The number of hydrogen-bond acceptors (Lipinski definition) is 49. The molecule has 0 aliphatic carbocycles. The molecule has 1 aromatic heterocycles. The van der Waals surface area contributed by atoms with E-state index in [4.69, 9.17) is 99.5 Å². The standard InChI is InChI=1S/C32H51N3O17.5C10H19NO5/c1-18-26(40)25(52-31(41)27(18)48-20(3)36)16-35-15-24(33-34-35)17-45-12-11-43-8-7-42-9-10-44-13-14-46-32-30(51-23(6)39)29(50-22(5)38)28(19(2)47-32)49-21(4)37;5*1-5-8(13)7(4-11-3)16-10(14)9(5)15-6(2)12/h15,18-19,25-32,40-41H,7-14,16-17H2,1-6H3;5*5,7-11,13-14H,4H2,1-3H3/t18-,19?,25+,26-,27+,28+,29?,30+,31-,32+;5*5-,7+,8-,9+,10-/m000000/s1. The zero-order valence-electron chi connectivity index (χ0n) is 78.8. The number of aromatic nitrogens is 3. The molecule has 35 atom stereocenters. The van der Waals surface area contributed by atoms with Crippen LogP contribution in [0.3, 0.4) is 0 Å². The fraction of sp³-hybridized carbons (Fsp3) is 0.866. The average molecular weight is 1920 g/mol. The van der Waals surface area contributed by atoms with Crippen LogP contribution in [0.15, 0.2) is 6.20 Å². The summed E-state index contributed by atoms with van der Waals surface area (Å²) in [6, 6.07) is 0. The van der Waals surface area contributed by atoms with Gasteiger partial charge in [-0.15, -0.1) is 5.10 Å². The minimum atomic E-state index is -1.38. The van der Waals surface area contributed by atoms with Crippen LogP contribution in [-0.4, -0.2) is 429 Å². The number of likely N-dealkylation sites (N-methyl/N-ethyl adjacent to an activating group) is 5. The van der Waals surface area contributed by atoms with E-state index in [9.17, 15) is 104 Å². The van der Waals surface area contributed by atoms with Gasteiger partial charge in [-0.25, -0.2) is 4.68 Å². The highest BCUT2D eigenvalue weighted by Gasteiger charge is 2.53. The van der Waals surface area contributed by atoms with E-state index in [2.05, 4.69) is 36.9 Å². The quantitative estimate of drug-likeness (QED) is 0.0169. The summed E-state index contributed by atoms with van der Waals surface area (Å²) in [6.07, 6.45) is -24.1. The first-order valence-corrected chi connectivity index (χ1v) is 43.5. The maximum Gasteiger partial charge on any atom is 0.303 e. The number of esters is 9. The summed E-state index contributed by atoms with van der Waals surface area (Å²) >= 11 is 0. The van der Waals surface area contributed by atoms with Crippen molar-refractivity contribution in [3.05, 3.63) is 11.9 Å². The van der Waals surface area contributed by atoms with Gasteiger partial charge in [-0.1, -0.05) is 46.8 Å². The molecule has 0 radical (unpaired) electrons. The monoisotopic (exact) mass is 1910 g/mol. The van der Waals surface area contributed by atoms with Gasteiger partial charge in [0.05, 0.1) is 145 Å². The van der Waals surface area contributed by atoms with E-state index in [1.54, 1.807) is 89.9 Å². The topological polar surface area (TPSA) is 681 Å². The second-order valence-electron chi connectivity index (χ2n) is 32.3. The minimum Gasteiger partial charge on any atom is -0.457 e. The van der Waals surface area contributed by atoms with Gasteiger partial charge in [0.15, 0.2) is 99.0 Å². The molecule has 8 heterocycles. The SMILES string of the molecule is CC(=O)OC1[C@H](OC(C)=O)C(C)O[C@@H](OCCOCCOCCOCCOCc2cn(C[C@H]3O[C@H](O)[C@H](OC(C)=O)[C@@H](C)[C@@H]3O)nn2)[C@@H]1OC(C)=O.CNC[C@H]1O[C@H](O)[C@H](OC(C)=O)[C@@H](C)[C@@H]1O.CNC[C@H]1O[C@H](O)[C@H](OC(C)=O)[C@@H](C)[C@@H]1O.CNC[C@H]1O[C@H](O)[C@H](OC(C)=O)[C@@H](C)[C@@H]1O.CNC[C@H]1O[C@H](O)[C@H](OC(C)=O)[C@@H](C)[C@@H]1O.CNC[C@H]1O[C@H](O)[C@H](OC(C)=O)[C@@H](C)[C@@H]1O. The van der Waals surface area contributed by atoms with E-state index in [1.807, 2.05) is 0 Å². The van der Waals surface area contributed by atoms with Gasteiger partial charge in [-0.3, -0.25) is 43.2 Å². The molecule has 7 aliphatic rings. The highest BCUT2D eigenvalue weighted by molar-refractivity contribution is 5.69. The van der Waals surface area contributed by atoms with E-state index < -0.39 is 238 Å². The number of aliphatic hydroxyl groups is 12. The molecule has 0 saturated carbocycles. The smallest absolute Gasteiger partial charge is 0.303 e. The third-order valence-electron chi connectivity index (χ3n) is 21.5. The van der Waals surface area contributed by atoms with Crippen LogP contribution in [0.5, 0.6) is 0 Å². The van der Waals surface area contributed by atoms with Crippen LogP contribution >= 0.6 is 0 Å². The summed E-state index contributed by atoms with van der Waals surface area (Å²) in [5, 5.41) is 141. The number of rotatable bonds is 36. The lowest BCUT2D eigenvalue weighted by molar-refractivity contribution is -0.302. The van der Waals surface area contributed by atoms with Crippen LogP contribution in [0, 0.1) is 35.5 Å². The van der Waals surface area contributed by atoms with Crippen LogP contribution in [0.2, 0.25) is 0 Å². The Balaban J connectivity index is 0.000000457. The molecule has 132 heavy (non-hydrogen) atoms. The molecule has 7 fully saturated rings. The zero-order valence-corrected chi connectivity index (χ0v) is 78.8. The largest absolute Gasteiger partial charge is 0.457 e. The van der Waals surface area contributed by atoms with Crippen LogP contribution in [0.4, 0.5) is 0 Å². The molecular weight excluding hydrogens is 1770 g/mol. The molecular formula is C82H146N8O42. The van der Waals surface area contributed by atoms with E-state index in [-0.39, 0.29) is 62.6 Å². The number of nitrogens with one attached hydrogen (secondary N) is 5. The average Bonchev–Trinajstić information content (AvgIpc) is 0.986. The van der Waals surface area contributed by atoms with E-state index in [0.717, 1.165) is 0 Å². The van der Waals surface area contributed by atoms with Gasteiger partial charge in [0.1, 0.15) is 11.8 Å². The van der Waals surface area contributed by atoms with Gasteiger partial charge in [0.25, 0.3) is 0 Å². The molecule has 2 unspecified atom stereocenters. The highest BCUT2D eigenvalue weighted by Crippen LogP contribution is 2.35. The maximum atomic E-state index is 11.8. The van der Waals surface area contributed by atoms with Crippen molar-refractivity contribution in [1.29, 1.82) is 0 Å². The molecule has 0 aromatic carbocycles. The summed E-state index contributed by atoms with van der Waals surface area (Å²) in [4.78, 5) is 101. The Bertz CT molecular complexity index is 3230. The van der Waals surface area contributed by atoms with Crippen molar-refractivity contribution >= 4 is 53.7 Å². The van der Waals surface area contributed by atoms with Crippen molar-refractivity contribution in [3.63, 3.8) is 0 Å². The van der Waals surface area contributed by atoms with Crippen molar-refractivity contribution in [1.82, 2.24) is 41.6 Å². The molecule has 0 amide bonds. The van der Waals surface area contributed by atoms with Crippen molar-refractivity contribution in [2.75, 3.05) is 121 Å². The number of nitrogens with zero attached hydrogens (tertiary/aromatic N) is 3. The summed E-state index contributed by atoms with van der Waals surface area (Å²) in [5.41, 5.74) is 0.551. The number of carbonyl (C=O) groups excluding carboxylic acids is 9. The number of hydrogen-bond donors (Lipinski definition) is 17. The van der Waals surface area contributed by atoms with Gasteiger partial charge in [-0.2, -0.15) is 0 Å². The summed E-state index contributed by atoms with van der Waals surface area (Å²) in [6.45, 7) is 27.4. The van der Waals surface area contributed by atoms with Crippen molar-refractivity contribution in [3.8, 4) is 0 Å². The molecule has 7 saturated heterocycles. The molecule has 8 rings (SSSR count). The van der Waals surface area contributed by atoms with Gasteiger partial charge < -0.3 is 187 Å². The first-order chi connectivity index (χ1) is 62.1. The molecule has 50 heteroatoms. The Morgan fingerprint density at radius 2 is 0.523 bits per heavy atom. The maximum absolute atomic E-state index is 11.8. The van der Waals surface area contributed by atoms with Crippen molar-refractivity contribution in [2.45, 2.75) is 302 Å². The third kappa shape index (κ3) is 40.1. The van der Waals surface area contributed by atoms with Gasteiger partial charge in [-0.05, 0) is 42.2 Å². The Hall–Kier alpha value is -6.79. The second kappa shape index (κ2) is 61.4. The van der Waals surface area contributed by atoms with Gasteiger partial charge >= 0.3 is 53.7 Å². The molecule has 7 aliphatic heterocycles. The molecule has 1 aromatic rings. The fourth-order valence-corrected chi connectivity index (χ4v) is 14.8.